The van der Waals surface area contributed by atoms with E-state index in [0.717, 1.165) is 0 Å². The fraction of sp³-hybridized carbons (Fsp3) is 0.714. The zero-order chi connectivity index (χ0) is 18.1. The summed E-state index contributed by atoms with van der Waals surface area (Å²) in [6, 6.07) is 0. The molecule has 2 unspecified atom stereocenters. The molecule has 10 heteroatoms. The van der Waals surface area contributed by atoms with Crippen LogP contribution in [0.3, 0.4) is 0 Å². The van der Waals surface area contributed by atoms with Gasteiger partial charge in [0.1, 0.15) is 6.23 Å². The highest BCUT2D eigenvalue weighted by Gasteiger charge is 2.48. The molecule has 1 aromatic heterocycles. The van der Waals surface area contributed by atoms with Gasteiger partial charge in [0.2, 0.25) is 0 Å². The summed E-state index contributed by atoms with van der Waals surface area (Å²) in [6.07, 6.45) is 1.01. The molecule has 1 aliphatic heterocycles. The summed E-state index contributed by atoms with van der Waals surface area (Å²) in [5.41, 5.74) is -0.683. The predicted molar refractivity (Wildman–Crippen MR) is 85.6 cm³/mol. The van der Waals surface area contributed by atoms with Gasteiger partial charge in [-0.05, 0) is 26.2 Å². The third kappa shape index (κ3) is 3.55. The molecule has 0 saturated carbocycles. The van der Waals surface area contributed by atoms with Crippen molar-refractivity contribution >= 4 is 7.60 Å². The quantitative estimate of drug-likeness (QED) is 0.648. The zero-order valence-electron chi connectivity index (χ0n) is 13.9. The molecule has 2 atom stereocenters. The van der Waals surface area contributed by atoms with Crippen LogP contribution in [-0.4, -0.2) is 31.0 Å². The monoisotopic (exact) mass is 362 g/mol. The summed E-state index contributed by atoms with van der Waals surface area (Å²) in [5, 5.41) is -1.60. The molecular formula is C14H23N2O7P. The molecule has 24 heavy (non-hydrogen) atoms. The van der Waals surface area contributed by atoms with Crippen LogP contribution in [0.15, 0.2) is 15.8 Å². The molecule has 0 amide bonds. The maximum absolute atomic E-state index is 11.9. The van der Waals surface area contributed by atoms with Crippen molar-refractivity contribution in [1.29, 1.82) is 0 Å². The number of ether oxygens (including phenoxy) is 2. The Balaban J connectivity index is 2.19. The Labute approximate surface area is 138 Å². The SMILES string of the molecule is CCC(CC)(OC1CCC(n2cc(C)c(=O)[nH]c2=O)O1)P(=O)(O)O. The molecule has 1 fully saturated rings. The van der Waals surface area contributed by atoms with Gasteiger partial charge < -0.3 is 19.3 Å². The highest BCUT2D eigenvalue weighted by molar-refractivity contribution is 7.53. The number of rotatable bonds is 6. The summed E-state index contributed by atoms with van der Waals surface area (Å²) >= 11 is 0. The van der Waals surface area contributed by atoms with Gasteiger partial charge in [-0.25, -0.2) is 4.79 Å². The van der Waals surface area contributed by atoms with Gasteiger partial charge >= 0.3 is 13.3 Å². The van der Waals surface area contributed by atoms with E-state index in [1.54, 1.807) is 20.8 Å². The van der Waals surface area contributed by atoms with E-state index in [0.29, 0.717) is 18.4 Å². The van der Waals surface area contributed by atoms with Gasteiger partial charge in [0.15, 0.2) is 11.6 Å². The second kappa shape index (κ2) is 6.93. The van der Waals surface area contributed by atoms with Crippen LogP contribution in [0.5, 0.6) is 0 Å². The van der Waals surface area contributed by atoms with Crippen molar-refractivity contribution in [3.05, 3.63) is 32.6 Å². The van der Waals surface area contributed by atoms with Gasteiger partial charge in [0.05, 0.1) is 0 Å². The van der Waals surface area contributed by atoms with Crippen molar-refractivity contribution in [2.24, 2.45) is 0 Å². The van der Waals surface area contributed by atoms with Crippen LogP contribution in [0.2, 0.25) is 0 Å². The van der Waals surface area contributed by atoms with Crippen LogP contribution in [0.25, 0.3) is 0 Å². The average Bonchev–Trinajstić information content (AvgIpc) is 2.95. The molecule has 1 aliphatic rings. The number of aryl methyl sites for hydroxylation is 1. The topological polar surface area (TPSA) is 131 Å². The lowest BCUT2D eigenvalue weighted by molar-refractivity contribution is -0.195. The molecule has 2 rings (SSSR count). The van der Waals surface area contributed by atoms with Crippen molar-refractivity contribution in [2.75, 3.05) is 0 Å². The summed E-state index contributed by atoms with van der Waals surface area (Å²) in [4.78, 5) is 44.8. The molecule has 2 heterocycles. The second-order valence-corrected chi connectivity index (χ2v) is 7.79. The Kier molecular flexibility index (Phi) is 5.51. The minimum atomic E-state index is -4.49. The summed E-state index contributed by atoms with van der Waals surface area (Å²) in [5.74, 6) is 0. The fourth-order valence-electron chi connectivity index (χ4n) is 2.82. The standard InChI is InChI=1S/C14H23N2O7P/c1-4-14(5-2,24(19,20)21)23-11-7-6-10(22-11)16-8-9(3)12(17)15-13(16)18/h8,10-11H,4-7H2,1-3H3,(H,15,17,18)(H2,19,20,21). The maximum atomic E-state index is 11.9. The molecular weight excluding hydrogens is 339 g/mol. The normalized spacial score (nSPS) is 22.0. The number of H-pyrrole nitrogens is 1. The van der Waals surface area contributed by atoms with E-state index >= 15 is 0 Å². The van der Waals surface area contributed by atoms with Crippen molar-refractivity contribution in [3.63, 3.8) is 0 Å². The molecule has 0 aromatic carbocycles. The first-order chi connectivity index (χ1) is 11.1. The van der Waals surface area contributed by atoms with Gasteiger partial charge in [-0.2, -0.15) is 0 Å². The predicted octanol–water partition coefficient (Wildman–Crippen LogP) is 1.19. The summed E-state index contributed by atoms with van der Waals surface area (Å²) in [7, 11) is -4.49. The Bertz CT molecular complexity index is 746. The largest absolute Gasteiger partial charge is 0.357 e. The summed E-state index contributed by atoms with van der Waals surface area (Å²) in [6.45, 7) is 4.86. The lowest BCUT2D eigenvalue weighted by atomic mass is 10.2. The highest BCUT2D eigenvalue weighted by Crippen LogP contribution is 2.56. The molecule has 0 bridgehead atoms. The van der Waals surface area contributed by atoms with Crippen LogP contribution in [-0.2, 0) is 14.0 Å². The smallest absolute Gasteiger partial charge is 0.333 e. The Morgan fingerprint density at radius 3 is 2.54 bits per heavy atom. The lowest BCUT2D eigenvalue weighted by Gasteiger charge is -2.34. The first-order valence-corrected chi connectivity index (χ1v) is 9.45. The van der Waals surface area contributed by atoms with Gasteiger partial charge in [-0.1, -0.05) is 13.8 Å². The van der Waals surface area contributed by atoms with Crippen LogP contribution in [0.4, 0.5) is 0 Å². The number of hydrogen-bond donors (Lipinski definition) is 3. The van der Waals surface area contributed by atoms with Gasteiger partial charge in [0.25, 0.3) is 5.56 Å². The van der Waals surface area contributed by atoms with Crippen molar-refractivity contribution in [3.8, 4) is 0 Å². The van der Waals surface area contributed by atoms with Crippen molar-refractivity contribution in [2.45, 2.75) is 64.3 Å². The average molecular weight is 362 g/mol. The maximum Gasteiger partial charge on any atom is 0.357 e. The third-order valence-electron chi connectivity index (χ3n) is 4.40. The van der Waals surface area contributed by atoms with E-state index in [4.69, 9.17) is 9.47 Å². The van der Waals surface area contributed by atoms with E-state index in [1.165, 1.54) is 10.8 Å². The van der Waals surface area contributed by atoms with E-state index in [-0.39, 0.29) is 12.8 Å². The van der Waals surface area contributed by atoms with Crippen LogP contribution >= 0.6 is 7.60 Å². The second-order valence-electron chi connectivity index (χ2n) is 5.89. The molecule has 1 aromatic rings. The number of hydrogen-bond acceptors (Lipinski definition) is 5. The Morgan fingerprint density at radius 2 is 2.00 bits per heavy atom. The van der Waals surface area contributed by atoms with Crippen LogP contribution in [0.1, 0.15) is 51.3 Å². The van der Waals surface area contributed by atoms with Crippen LogP contribution < -0.4 is 11.2 Å². The molecule has 0 radical (unpaired) electrons. The number of nitrogens with zero attached hydrogens (tertiary/aromatic N) is 1. The number of aromatic nitrogens is 2. The molecule has 0 spiro atoms. The molecule has 0 aliphatic carbocycles. The van der Waals surface area contributed by atoms with Crippen LogP contribution in [0, 0.1) is 6.92 Å². The number of aromatic amines is 1. The molecule has 136 valence electrons. The molecule has 1 saturated heterocycles. The van der Waals surface area contributed by atoms with Gasteiger partial charge in [-0.3, -0.25) is 18.9 Å². The van der Waals surface area contributed by atoms with Crippen molar-refractivity contribution in [1.82, 2.24) is 9.55 Å². The van der Waals surface area contributed by atoms with E-state index in [9.17, 15) is 23.9 Å². The Hall–Kier alpha value is -1.25. The molecule has 3 N–H and O–H groups in total. The first kappa shape index (κ1) is 19.1. The highest BCUT2D eigenvalue weighted by atomic mass is 31.2. The lowest BCUT2D eigenvalue weighted by Crippen LogP contribution is -2.36. The minimum absolute atomic E-state index is 0.135. The molecule has 9 nitrogen and oxygen atoms in total. The van der Waals surface area contributed by atoms with Gasteiger partial charge in [-0.15, -0.1) is 0 Å². The fourth-order valence-corrected chi connectivity index (χ4v) is 3.90. The minimum Gasteiger partial charge on any atom is -0.333 e. The van der Waals surface area contributed by atoms with E-state index in [1.807, 2.05) is 0 Å². The Morgan fingerprint density at radius 1 is 1.38 bits per heavy atom. The van der Waals surface area contributed by atoms with Crippen molar-refractivity contribution < 1.29 is 23.8 Å². The van der Waals surface area contributed by atoms with Gasteiger partial charge in [0, 0.05) is 18.2 Å². The third-order valence-corrected chi connectivity index (χ3v) is 6.20. The number of nitrogens with one attached hydrogen (secondary N) is 1. The van der Waals surface area contributed by atoms with E-state index < -0.39 is 36.7 Å². The summed E-state index contributed by atoms with van der Waals surface area (Å²) < 4.78 is 24.4. The van der Waals surface area contributed by atoms with E-state index in [2.05, 4.69) is 4.98 Å². The zero-order valence-corrected chi connectivity index (χ0v) is 14.8. The first-order valence-electron chi connectivity index (χ1n) is 7.84.